The summed E-state index contributed by atoms with van der Waals surface area (Å²) in [7, 11) is 1.94. The van der Waals surface area contributed by atoms with E-state index in [9.17, 15) is 4.79 Å². The van der Waals surface area contributed by atoms with Crippen molar-refractivity contribution in [2.24, 2.45) is 7.05 Å². The number of nitrogens with zero attached hydrogens (tertiary/aromatic N) is 2. The van der Waals surface area contributed by atoms with Crippen LogP contribution in [-0.2, 0) is 16.6 Å². The summed E-state index contributed by atoms with van der Waals surface area (Å²) in [6.45, 7) is 9.02. The Morgan fingerprint density at radius 1 is 1.50 bits per heavy atom. The van der Waals surface area contributed by atoms with E-state index < -0.39 is 0 Å². The molecule has 0 saturated carbocycles. The molecule has 18 heavy (non-hydrogen) atoms. The monoisotopic (exact) mass is 253 g/mol. The van der Waals surface area contributed by atoms with Gasteiger partial charge in [-0.05, 0) is 27.7 Å². The highest BCUT2D eigenvalue weighted by atomic mass is 16.5. The third kappa shape index (κ3) is 3.57. The maximum atomic E-state index is 11.2. The topological polar surface area (TPSA) is 56.1 Å². The van der Waals surface area contributed by atoms with Crippen LogP contribution in [0.4, 0.5) is 0 Å². The Morgan fingerprint density at radius 3 is 2.67 bits per heavy atom. The van der Waals surface area contributed by atoms with Crippen molar-refractivity contribution in [3.63, 3.8) is 0 Å². The van der Waals surface area contributed by atoms with Crippen molar-refractivity contribution in [3.8, 4) is 0 Å². The van der Waals surface area contributed by atoms with Gasteiger partial charge in [-0.15, -0.1) is 0 Å². The number of aromatic nitrogens is 2. The average Bonchev–Trinajstić information content (AvgIpc) is 2.53. The van der Waals surface area contributed by atoms with Crippen molar-refractivity contribution < 1.29 is 9.53 Å². The molecule has 0 aliphatic heterocycles. The maximum absolute atomic E-state index is 11.2. The first-order valence-corrected chi connectivity index (χ1v) is 6.36. The molecule has 0 amide bonds. The van der Waals surface area contributed by atoms with Gasteiger partial charge in [0.2, 0.25) is 0 Å². The van der Waals surface area contributed by atoms with Crippen molar-refractivity contribution in [1.29, 1.82) is 0 Å². The van der Waals surface area contributed by atoms with Gasteiger partial charge in [-0.1, -0.05) is 0 Å². The molecule has 0 aliphatic rings. The van der Waals surface area contributed by atoms with Crippen LogP contribution in [0.1, 0.15) is 43.3 Å². The summed E-state index contributed by atoms with van der Waals surface area (Å²) in [6.07, 6.45) is 0.399. The summed E-state index contributed by atoms with van der Waals surface area (Å²) in [5.74, 6) is -0.156. The van der Waals surface area contributed by atoms with Crippen LogP contribution in [0.3, 0.4) is 0 Å². The number of hydrogen-bond acceptors (Lipinski definition) is 4. The molecule has 5 nitrogen and oxygen atoms in total. The molecule has 102 valence electrons. The molecule has 1 heterocycles. The molecule has 1 aromatic heterocycles. The Labute approximate surface area is 109 Å². The fraction of sp³-hybridized carbons (Fsp3) is 0.692. The maximum Gasteiger partial charge on any atom is 0.307 e. The first-order chi connectivity index (χ1) is 8.47. The molecular weight excluding hydrogens is 230 g/mol. The minimum Gasteiger partial charge on any atom is -0.466 e. The molecular formula is C13H23N3O2. The number of hydrogen-bond donors (Lipinski definition) is 1. The zero-order valence-corrected chi connectivity index (χ0v) is 11.9. The lowest BCUT2D eigenvalue weighted by Gasteiger charge is -2.14. The smallest absolute Gasteiger partial charge is 0.307 e. The fourth-order valence-corrected chi connectivity index (χ4v) is 2.14. The highest BCUT2D eigenvalue weighted by molar-refractivity contribution is 5.69. The molecule has 0 aromatic carbocycles. The number of carbonyl (C=O) groups excluding carboxylic acids is 1. The van der Waals surface area contributed by atoms with Gasteiger partial charge < -0.3 is 10.1 Å². The van der Waals surface area contributed by atoms with Gasteiger partial charge in [0.1, 0.15) is 0 Å². The minimum atomic E-state index is -0.156. The second kappa shape index (κ2) is 6.54. The summed E-state index contributed by atoms with van der Waals surface area (Å²) >= 11 is 0. The van der Waals surface area contributed by atoms with E-state index in [-0.39, 0.29) is 12.0 Å². The molecule has 1 unspecified atom stereocenters. The van der Waals surface area contributed by atoms with Crippen LogP contribution >= 0.6 is 0 Å². The van der Waals surface area contributed by atoms with E-state index in [1.807, 2.05) is 25.6 Å². The van der Waals surface area contributed by atoms with E-state index in [4.69, 9.17) is 4.74 Å². The van der Waals surface area contributed by atoms with E-state index in [1.165, 1.54) is 5.56 Å². The van der Waals surface area contributed by atoms with Gasteiger partial charge in [0.15, 0.2) is 0 Å². The first-order valence-electron chi connectivity index (χ1n) is 6.36. The highest BCUT2D eigenvalue weighted by Gasteiger charge is 2.15. The molecule has 0 bridgehead atoms. The van der Waals surface area contributed by atoms with Gasteiger partial charge in [0.05, 0.1) is 18.7 Å². The van der Waals surface area contributed by atoms with Gasteiger partial charge in [-0.25, -0.2) is 0 Å². The Balaban J connectivity index is 2.50. The third-order valence-electron chi connectivity index (χ3n) is 3.08. The average molecular weight is 253 g/mol. The SMILES string of the molecule is CCOC(=O)CCNC(C)c1c(C)nn(C)c1C. The predicted octanol–water partition coefficient (Wildman–Crippen LogP) is 1.64. The van der Waals surface area contributed by atoms with Crippen molar-refractivity contribution in [2.45, 2.75) is 40.2 Å². The summed E-state index contributed by atoms with van der Waals surface area (Å²) in [5, 5.41) is 7.72. The highest BCUT2D eigenvalue weighted by Crippen LogP contribution is 2.20. The molecule has 1 aromatic rings. The molecule has 1 atom stereocenters. The van der Waals surface area contributed by atoms with E-state index in [0.29, 0.717) is 19.6 Å². The van der Waals surface area contributed by atoms with Gasteiger partial charge in [0, 0.05) is 30.9 Å². The van der Waals surface area contributed by atoms with Crippen molar-refractivity contribution in [2.75, 3.05) is 13.2 Å². The van der Waals surface area contributed by atoms with E-state index in [2.05, 4.69) is 24.3 Å². The first kappa shape index (κ1) is 14.7. The molecule has 1 N–H and O–H groups in total. The van der Waals surface area contributed by atoms with E-state index in [1.54, 1.807) is 0 Å². The van der Waals surface area contributed by atoms with E-state index in [0.717, 1.165) is 11.4 Å². The molecule has 0 radical (unpaired) electrons. The van der Waals surface area contributed by atoms with Gasteiger partial charge in [-0.2, -0.15) is 5.10 Å². The van der Waals surface area contributed by atoms with Crippen LogP contribution in [0.25, 0.3) is 0 Å². The third-order valence-corrected chi connectivity index (χ3v) is 3.08. The Kier molecular flexibility index (Phi) is 5.34. The quantitative estimate of drug-likeness (QED) is 0.783. The predicted molar refractivity (Wildman–Crippen MR) is 70.3 cm³/mol. The number of aryl methyl sites for hydroxylation is 2. The van der Waals surface area contributed by atoms with Gasteiger partial charge >= 0.3 is 5.97 Å². The number of nitrogens with one attached hydrogen (secondary N) is 1. The largest absolute Gasteiger partial charge is 0.466 e. The lowest BCUT2D eigenvalue weighted by atomic mass is 10.1. The van der Waals surface area contributed by atoms with Crippen LogP contribution in [0.5, 0.6) is 0 Å². The Bertz CT molecular complexity index is 413. The fourth-order valence-electron chi connectivity index (χ4n) is 2.14. The number of esters is 1. The minimum absolute atomic E-state index is 0.156. The van der Waals surface area contributed by atoms with Crippen molar-refractivity contribution in [1.82, 2.24) is 15.1 Å². The van der Waals surface area contributed by atoms with E-state index >= 15 is 0 Å². The Hall–Kier alpha value is -1.36. The molecule has 0 aliphatic carbocycles. The molecule has 1 rings (SSSR count). The van der Waals surface area contributed by atoms with Crippen LogP contribution < -0.4 is 5.32 Å². The molecule has 0 spiro atoms. The zero-order chi connectivity index (χ0) is 13.7. The number of carbonyl (C=O) groups is 1. The van der Waals surface area contributed by atoms with Crippen molar-refractivity contribution in [3.05, 3.63) is 17.0 Å². The lowest BCUT2D eigenvalue weighted by Crippen LogP contribution is -2.23. The summed E-state index contributed by atoms with van der Waals surface area (Å²) < 4.78 is 6.77. The van der Waals surface area contributed by atoms with Crippen LogP contribution in [0.15, 0.2) is 0 Å². The normalized spacial score (nSPS) is 12.5. The summed E-state index contributed by atoms with van der Waals surface area (Å²) in [4.78, 5) is 11.2. The molecule has 0 saturated heterocycles. The van der Waals surface area contributed by atoms with Crippen LogP contribution in [0.2, 0.25) is 0 Å². The van der Waals surface area contributed by atoms with Crippen LogP contribution in [0, 0.1) is 13.8 Å². The number of rotatable bonds is 6. The lowest BCUT2D eigenvalue weighted by molar-refractivity contribution is -0.143. The second-order valence-corrected chi connectivity index (χ2v) is 4.44. The summed E-state index contributed by atoms with van der Waals surface area (Å²) in [5.41, 5.74) is 3.40. The van der Waals surface area contributed by atoms with Crippen LogP contribution in [-0.4, -0.2) is 28.9 Å². The number of ether oxygens (including phenoxy) is 1. The molecule has 5 heteroatoms. The van der Waals surface area contributed by atoms with Gasteiger partial charge in [-0.3, -0.25) is 9.48 Å². The molecule has 0 fully saturated rings. The van der Waals surface area contributed by atoms with Crippen molar-refractivity contribution >= 4 is 5.97 Å². The Morgan fingerprint density at radius 2 is 2.17 bits per heavy atom. The van der Waals surface area contributed by atoms with Gasteiger partial charge in [0.25, 0.3) is 0 Å². The summed E-state index contributed by atoms with van der Waals surface area (Å²) in [6, 6.07) is 0.188. The zero-order valence-electron chi connectivity index (χ0n) is 11.9. The second-order valence-electron chi connectivity index (χ2n) is 4.44. The standard InChI is InChI=1S/C13H23N3O2/c1-6-18-12(17)7-8-14-9(2)13-10(3)15-16(5)11(13)4/h9,14H,6-8H2,1-5H3.